The van der Waals surface area contributed by atoms with Crippen molar-refractivity contribution in [2.45, 2.75) is 18.9 Å². The average molecular weight is 346 g/mol. The SMILES string of the molecule is COc1cccc(OC)c1C(=O)N1CCC[C@H]1c1ccccc1Cl. The Morgan fingerprint density at radius 1 is 1.08 bits per heavy atom. The van der Waals surface area contributed by atoms with E-state index in [9.17, 15) is 4.79 Å². The highest BCUT2D eigenvalue weighted by molar-refractivity contribution is 6.31. The minimum absolute atomic E-state index is 0.0270. The van der Waals surface area contributed by atoms with Crippen molar-refractivity contribution in [1.29, 1.82) is 0 Å². The van der Waals surface area contributed by atoms with Crippen molar-refractivity contribution in [2.75, 3.05) is 20.8 Å². The molecule has 4 nitrogen and oxygen atoms in total. The van der Waals surface area contributed by atoms with Crippen molar-refractivity contribution in [3.05, 3.63) is 58.6 Å². The predicted molar refractivity (Wildman–Crippen MR) is 94.0 cm³/mol. The molecule has 1 aliphatic heterocycles. The molecule has 126 valence electrons. The molecule has 0 saturated carbocycles. The molecule has 1 aliphatic rings. The molecule has 0 aromatic heterocycles. The summed E-state index contributed by atoms with van der Waals surface area (Å²) in [6.07, 6.45) is 1.84. The molecule has 5 heteroatoms. The highest BCUT2D eigenvalue weighted by Crippen LogP contribution is 2.39. The van der Waals surface area contributed by atoms with E-state index in [2.05, 4.69) is 0 Å². The second-order valence-electron chi connectivity index (χ2n) is 5.72. The fourth-order valence-electron chi connectivity index (χ4n) is 3.28. The van der Waals surface area contributed by atoms with E-state index in [1.807, 2.05) is 35.2 Å². The molecule has 0 spiro atoms. The Bertz CT molecular complexity index is 725. The molecular formula is C19H20ClNO3. The Labute approximate surface area is 146 Å². The third-order valence-corrected chi connectivity index (χ3v) is 4.76. The number of methoxy groups -OCH3 is 2. The van der Waals surface area contributed by atoms with Gasteiger partial charge in [-0.3, -0.25) is 4.79 Å². The van der Waals surface area contributed by atoms with E-state index in [0.29, 0.717) is 28.6 Å². The lowest BCUT2D eigenvalue weighted by molar-refractivity contribution is 0.0728. The summed E-state index contributed by atoms with van der Waals surface area (Å²) in [7, 11) is 3.11. The first-order valence-corrected chi connectivity index (χ1v) is 8.31. The molecule has 0 N–H and O–H groups in total. The van der Waals surface area contributed by atoms with Gasteiger partial charge in [0.05, 0.1) is 20.3 Å². The van der Waals surface area contributed by atoms with Crippen molar-refractivity contribution < 1.29 is 14.3 Å². The van der Waals surface area contributed by atoms with E-state index in [0.717, 1.165) is 18.4 Å². The van der Waals surface area contributed by atoms with Crippen molar-refractivity contribution in [3.63, 3.8) is 0 Å². The first-order valence-electron chi connectivity index (χ1n) is 7.93. The number of rotatable bonds is 4. The number of benzene rings is 2. The maximum absolute atomic E-state index is 13.2. The van der Waals surface area contributed by atoms with Crippen LogP contribution in [-0.2, 0) is 0 Å². The number of hydrogen-bond acceptors (Lipinski definition) is 3. The molecule has 0 bridgehead atoms. The van der Waals surface area contributed by atoms with Crippen LogP contribution in [0.15, 0.2) is 42.5 Å². The normalized spacial score (nSPS) is 17.0. The summed E-state index contributed by atoms with van der Waals surface area (Å²) in [5, 5.41) is 0.689. The number of carbonyl (C=O) groups excluding carboxylic acids is 1. The first kappa shape index (κ1) is 16.7. The van der Waals surface area contributed by atoms with Crippen LogP contribution in [-0.4, -0.2) is 31.6 Å². The molecule has 0 radical (unpaired) electrons. The van der Waals surface area contributed by atoms with Gasteiger partial charge >= 0.3 is 0 Å². The van der Waals surface area contributed by atoms with Gasteiger partial charge in [0.1, 0.15) is 17.1 Å². The molecule has 1 atom stereocenters. The van der Waals surface area contributed by atoms with Crippen LogP contribution in [0.4, 0.5) is 0 Å². The van der Waals surface area contributed by atoms with Crippen molar-refractivity contribution in [3.8, 4) is 11.5 Å². The van der Waals surface area contributed by atoms with Crippen LogP contribution in [0, 0.1) is 0 Å². The van der Waals surface area contributed by atoms with Crippen LogP contribution in [0.2, 0.25) is 5.02 Å². The molecule has 3 rings (SSSR count). The molecule has 1 fully saturated rings. The number of nitrogens with zero attached hydrogens (tertiary/aromatic N) is 1. The molecule has 0 aliphatic carbocycles. The summed E-state index contributed by atoms with van der Waals surface area (Å²) < 4.78 is 10.8. The monoisotopic (exact) mass is 345 g/mol. The Morgan fingerprint density at radius 2 is 1.75 bits per heavy atom. The first-order chi connectivity index (χ1) is 11.7. The Morgan fingerprint density at radius 3 is 2.38 bits per heavy atom. The molecule has 24 heavy (non-hydrogen) atoms. The largest absolute Gasteiger partial charge is 0.496 e. The Kier molecular flexibility index (Phi) is 4.95. The third-order valence-electron chi connectivity index (χ3n) is 4.42. The van der Waals surface area contributed by atoms with Crippen LogP contribution in [0.3, 0.4) is 0 Å². The van der Waals surface area contributed by atoms with Gasteiger partial charge in [-0.2, -0.15) is 0 Å². The van der Waals surface area contributed by atoms with Crippen LogP contribution < -0.4 is 9.47 Å². The Balaban J connectivity index is 2.00. The molecular weight excluding hydrogens is 326 g/mol. The fraction of sp³-hybridized carbons (Fsp3) is 0.316. The van der Waals surface area contributed by atoms with Crippen LogP contribution in [0.25, 0.3) is 0 Å². The zero-order valence-electron chi connectivity index (χ0n) is 13.8. The number of amides is 1. The molecule has 1 heterocycles. The highest BCUT2D eigenvalue weighted by atomic mass is 35.5. The second-order valence-corrected chi connectivity index (χ2v) is 6.12. The van der Waals surface area contributed by atoms with Crippen molar-refractivity contribution in [1.82, 2.24) is 4.90 Å². The van der Waals surface area contributed by atoms with Crippen molar-refractivity contribution >= 4 is 17.5 Å². The molecule has 2 aromatic carbocycles. The molecule has 0 unspecified atom stereocenters. The van der Waals surface area contributed by atoms with Crippen LogP contribution >= 0.6 is 11.6 Å². The zero-order chi connectivity index (χ0) is 17.1. The van der Waals surface area contributed by atoms with Gasteiger partial charge in [0.25, 0.3) is 5.91 Å². The van der Waals surface area contributed by atoms with E-state index in [1.54, 1.807) is 26.4 Å². The average Bonchev–Trinajstić information content (AvgIpc) is 3.10. The maximum atomic E-state index is 13.2. The van der Waals surface area contributed by atoms with Crippen LogP contribution in [0.5, 0.6) is 11.5 Å². The van der Waals surface area contributed by atoms with Crippen LogP contribution in [0.1, 0.15) is 34.8 Å². The summed E-state index contributed by atoms with van der Waals surface area (Å²) in [4.78, 5) is 15.1. The van der Waals surface area contributed by atoms with E-state index in [1.165, 1.54) is 0 Å². The van der Waals surface area contributed by atoms with E-state index < -0.39 is 0 Å². The number of halogens is 1. The summed E-state index contributed by atoms with van der Waals surface area (Å²) >= 11 is 6.35. The zero-order valence-corrected chi connectivity index (χ0v) is 14.5. The molecule has 1 saturated heterocycles. The lowest BCUT2D eigenvalue weighted by atomic mass is 10.0. The van der Waals surface area contributed by atoms with Gasteiger partial charge < -0.3 is 14.4 Å². The van der Waals surface area contributed by atoms with Gasteiger partial charge in [-0.25, -0.2) is 0 Å². The number of likely N-dealkylation sites (tertiary alicyclic amines) is 1. The van der Waals surface area contributed by atoms with Gasteiger partial charge in [-0.15, -0.1) is 0 Å². The highest BCUT2D eigenvalue weighted by Gasteiger charge is 2.34. The Hall–Kier alpha value is -2.20. The summed E-state index contributed by atoms with van der Waals surface area (Å²) in [6, 6.07) is 13.0. The van der Waals surface area contributed by atoms with E-state index in [4.69, 9.17) is 21.1 Å². The summed E-state index contributed by atoms with van der Waals surface area (Å²) in [5.74, 6) is 0.944. The second kappa shape index (κ2) is 7.14. The van der Waals surface area contributed by atoms with Gasteiger partial charge in [0.2, 0.25) is 0 Å². The van der Waals surface area contributed by atoms with Gasteiger partial charge in [-0.1, -0.05) is 35.9 Å². The smallest absolute Gasteiger partial charge is 0.261 e. The fourth-order valence-corrected chi connectivity index (χ4v) is 3.55. The minimum Gasteiger partial charge on any atom is -0.496 e. The summed E-state index contributed by atoms with van der Waals surface area (Å²) in [6.45, 7) is 0.690. The summed E-state index contributed by atoms with van der Waals surface area (Å²) in [5.41, 5.74) is 1.44. The number of hydrogen-bond donors (Lipinski definition) is 0. The lowest BCUT2D eigenvalue weighted by Gasteiger charge is -2.27. The number of ether oxygens (including phenoxy) is 2. The van der Waals surface area contributed by atoms with E-state index in [-0.39, 0.29) is 11.9 Å². The molecule has 1 amide bonds. The number of carbonyl (C=O) groups is 1. The quantitative estimate of drug-likeness (QED) is 0.827. The molecule has 2 aromatic rings. The topological polar surface area (TPSA) is 38.8 Å². The standard InChI is InChI=1S/C19H20ClNO3/c1-23-16-10-5-11-17(24-2)18(16)19(22)21-12-6-9-15(21)13-7-3-4-8-14(13)20/h3-5,7-8,10-11,15H,6,9,12H2,1-2H3/t15-/m0/s1. The van der Waals surface area contributed by atoms with Gasteiger partial charge in [0.15, 0.2) is 0 Å². The third kappa shape index (κ3) is 2.94. The lowest BCUT2D eigenvalue weighted by Crippen LogP contribution is -2.31. The van der Waals surface area contributed by atoms with E-state index >= 15 is 0 Å². The van der Waals surface area contributed by atoms with Gasteiger partial charge in [0, 0.05) is 11.6 Å². The van der Waals surface area contributed by atoms with Crippen molar-refractivity contribution in [2.24, 2.45) is 0 Å². The predicted octanol–water partition coefficient (Wildman–Crippen LogP) is 4.33. The minimum atomic E-state index is -0.0910. The maximum Gasteiger partial charge on any atom is 0.261 e. The van der Waals surface area contributed by atoms with Gasteiger partial charge in [-0.05, 0) is 36.6 Å².